The van der Waals surface area contributed by atoms with Gasteiger partial charge in [-0.05, 0) is 37.5 Å². The fourth-order valence-corrected chi connectivity index (χ4v) is 2.55. The van der Waals surface area contributed by atoms with Crippen molar-refractivity contribution in [3.8, 4) is 11.8 Å². The number of nitrogens with zero attached hydrogens (tertiary/aromatic N) is 1. The predicted octanol–water partition coefficient (Wildman–Crippen LogP) is 1.16. The van der Waals surface area contributed by atoms with E-state index < -0.39 is 5.82 Å². The molecule has 112 valence electrons. The lowest BCUT2D eigenvalue weighted by molar-refractivity contribution is 0.0502. The second-order valence-electron chi connectivity index (χ2n) is 4.98. The molecule has 0 bridgehead atoms. The van der Waals surface area contributed by atoms with Gasteiger partial charge in [0.15, 0.2) is 0 Å². The number of hydrogen-bond acceptors (Lipinski definition) is 3. The van der Waals surface area contributed by atoms with Crippen LogP contribution in [0.4, 0.5) is 4.39 Å². The van der Waals surface area contributed by atoms with E-state index in [1.165, 1.54) is 18.2 Å². The Morgan fingerprint density at radius 1 is 1.38 bits per heavy atom. The third-order valence-electron chi connectivity index (χ3n) is 3.61. The monoisotopic (exact) mass is 291 g/mol. The van der Waals surface area contributed by atoms with E-state index in [0.717, 1.165) is 19.3 Å². The predicted molar refractivity (Wildman–Crippen MR) is 76.1 cm³/mol. The van der Waals surface area contributed by atoms with Crippen LogP contribution in [0.25, 0.3) is 0 Å². The van der Waals surface area contributed by atoms with Gasteiger partial charge < -0.3 is 15.1 Å². The first-order chi connectivity index (χ1) is 10.2. The minimum Gasteiger partial charge on any atom is -0.394 e. The average molecular weight is 291 g/mol. The Morgan fingerprint density at radius 3 is 2.90 bits per heavy atom. The van der Waals surface area contributed by atoms with E-state index in [1.807, 2.05) is 0 Å². The van der Waals surface area contributed by atoms with Crippen LogP contribution in [0.15, 0.2) is 18.2 Å². The Balaban J connectivity index is 2.33. The lowest BCUT2D eigenvalue weighted by Gasteiger charge is -2.34. The molecule has 1 saturated heterocycles. The number of carbonyl (C=O) groups excluding carboxylic acids is 1. The number of carbonyl (C=O) groups is 1. The molecule has 1 unspecified atom stereocenters. The number of amides is 1. The summed E-state index contributed by atoms with van der Waals surface area (Å²) in [6.07, 6.45) is 2.64. The number of benzene rings is 1. The summed E-state index contributed by atoms with van der Waals surface area (Å²) >= 11 is 0. The molecule has 21 heavy (non-hydrogen) atoms. The Kier molecular flexibility index (Phi) is 5.32. The normalized spacial score (nSPS) is 18.0. The molecule has 0 saturated carbocycles. The summed E-state index contributed by atoms with van der Waals surface area (Å²) < 4.78 is 13.3. The highest BCUT2D eigenvalue weighted by atomic mass is 19.1. The zero-order valence-electron chi connectivity index (χ0n) is 11.7. The van der Waals surface area contributed by atoms with Gasteiger partial charge in [-0.1, -0.05) is 11.8 Å². The largest absolute Gasteiger partial charge is 0.394 e. The molecule has 1 aliphatic heterocycles. The fraction of sp³-hybridized carbons (Fsp3) is 0.438. The van der Waals surface area contributed by atoms with Crippen molar-refractivity contribution in [3.05, 3.63) is 35.1 Å². The van der Waals surface area contributed by atoms with Crippen molar-refractivity contribution in [1.29, 1.82) is 0 Å². The van der Waals surface area contributed by atoms with Gasteiger partial charge in [-0.2, -0.15) is 0 Å². The SMILES string of the molecule is O=C(c1ccc(F)cc1C#CCO)N1CCCCC1CO. The first-order valence-electron chi connectivity index (χ1n) is 6.98. The van der Waals surface area contributed by atoms with Crippen molar-refractivity contribution in [2.45, 2.75) is 25.3 Å². The van der Waals surface area contributed by atoms with Crippen LogP contribution >= 0.6 is 0 Å². The molecule has 1 amide bonds. The molecule has 5 heteroatoms. The molecule has 1 atom stereocenters. The van der Waals surface area contributed by atoms with Gasteiger partial charge in [0.05, 0.1) is 18.2 Å². The number of piperidine rings is 1. The summed E-state index contributed by atoms with van der Waals surface area (Å²) in [7, 11) is 0. The first kappa shape index (κ1) is 15.5. The molecule has 0 spiro atoms. The maximum atomic E-state index is 13.3. The van der Waals surface area contributed by atoms with E-state index >= 15 is 0 Å². The Morgan fingerprint density at radius 2 is 2.19 bits per heavy atom. The van der Waals surface area contributed by atoms with Crippen molar-refractivity contribution in [2.24, 2.45) is 0 Å². The molecule has 1 aromatic rings. The fourth-order valence-electron chi connectivity index (χ4n) is 2.55. The third kappa shape index (κ3) is 3.60. The maximum absolute atomic E-state index is 13.3. The van der Waals surface area contributed by atoms with Crippen molar-refractivity contribution >= 4 is 5.91 Å². The number of likely N-dealkylation sites (tertiary alicyclic amines) is 1. The second-order valence-corrected chi connectivity index (χ2v) is 4.98. The van der Waals surface area contributed by atoms with Gasteiger partial charge in [0.2, 0.25) is 0 Å². The summed E-state index contributed by atoms with van der Waals surface area (Å²) in [5.74, 6) is 4.31. The molecule has 2 N–H and O–H groups in total. The average Bonchev–Trinajstić information content (AvgIpc) is 2.52. The van der Waals surface area contributed by atoms with Gasteiger partial charge in [-0.3, -0.25) is 4.79 Å². The van der Waals surface area contributed by atoms with Crippen LogP contribution in [-0.2, 0) is 0 Å². The standard InChI is InChI=1S/C16H18FNO3/c17-13-6-7-15(12(10-13)4-3-9-19)16(21)18-8-2-1-5-14(18)11-20/h6-7,10,14,19-20H,1-2,5,8-9,11H2. The van der Waals surface area contributed by atoms with E-state index in [9.17, 15) is 14.3 Å². The molecule has 4 nitrogen and oxygen atoms in total. The van der Waals surface area contributed by atoms with Crippen molar-refractivity contribution in [3.63, 3.8) is 0 Å². The highest BCUT2D eigenvalue weighted by Gasteiger charge is 2.28. The lowest BCUT2D eigenvalue weighted by atomic mass is 9.99. The van der Waals surface area contributed by atoms with Crippen LogP contribution in [0, 0.1) is 17.7 Å². The summed E-state index contributed by atoms with van der Waals surface area (Å²) in [5, 5.41) is 18.2. The van der Waals surface area contributed by atoms with Crippen LogP contribution in [0.3, 0.4) is 0 Å². The highest BCUT2D eigenvalue weighted by molar-refractivity contribution is 5.97. The van der Waals surface area contributed by atoms with Crippen LogP contribution in [0.1, 0.15) is 35.2 Å². The highest BCUT2D eigenvalue weighted by Crippen LogP contribution is 2.21. The number of halogens is 1. The topological polar surface area (TPSA) is 60.8 Å². The van der Waals surface area contributed by atoms with Gasteiger partial charge in [0, 0.05) is 12.1 Å². The maximum Gasteiger partial charge on any atom is 0.255 e. The van der Waals surface area contributed by atoms with E-state index in [4.69, 9.17) is 5.11 Å². The molecule has 1 heterocycles. The van der Waals surface area contributed by atoms with Crippen LogP contribution in [-0.4, -0.2) is 46.8 Å². The van der Waals surface area contributed by atoms with E-state index in [1.54, 1.807) is 4.90 Å². The zero-order valence-corrected chi connectivity index (χ0v) is 11.7. The summed E-state index contributed by atoms with van der Waals surface area (Å²) in [6, 6.07) is 3.61. The number of hydrogen-bond donors (Lipinski definition) is 2. The Bertz CT molecular complexity index is 577. The number of aliphatic hydroxyl groups excluding tert-OH is 2. The van der Waals surface area contributed by atoms with Gasteiger partial charge in [0.1, 0.15) is 12.4 Å². The molecule has 1 aromatic carbocycles. The Hall–Kier alpha value is -1.90. The van der Waals surface area contributed by atoms with Crippen LogP contribution in [0.2, 0.25) is 0 Å². The molecular formula is C16H18FNO3. The smallest absolute Gasteiger partial charge is 0.255 e. The minimum absolute atomic E-state index is 0.0788. The van der Waals surface area contributed by atoms with E-state index in [0.29, 0.717) is 12.1 Å². The minimum atomic E-state index is -0.480. The van der Waals surface area contributed by atoms with Crippen molar-refractivity contribution in [1.82, 2.24) is 4.90 Å². The van der Waals surface area contributed by atoms with E-state index in [-0.39, 0.29) is 30.7 Å². The van der Waals surface area contributed by atoms with Crippen LogP contribution < -0.4 is 0 Å². The summed E-state index contributed by atoms with van der Waals surface area (Å²) in [5.41, 5.74) is 0.564. The first-order valence-corrected chi connectivity index (χ1v) is 6.98. The molecule has 2 rings (SSSR count). The van der Waals surface area contributed by atoms with Gasteiger partial charge in [0.25, 0.3) is 5.91 Å². The number of rotatable bonds is 2. The lowest BCUT2D eigenvalue weighted by Crippen LogP contribution is -2.45. The van der Waals surface area contributed by atoms with Gasteiger partial charge in [-0.15, -0.1) is 0 Å². The molecule has 0 radical (unpaired) electrons. The van der Waals surface area contributed by atoms with Crippen LogP contribution in [0.5, 0.6) is 0 Å². The quantitative estimate of drug-likeness (QED) is 0.804. The molecular weight excluding hydrogens is 273 g/mol. The molecule has 0 aromatic heterocycles. The summed E-state index contributed by atoms with van der Waals surface area (Å²) in [6.45, 7) is 0.145. The number of aliphatic hydroxyl groups is 2. The third-order valence-corrected chi connectivity index (χ3v) is 3.61. The Labute approximate surface area is 123 Å². The summed E-state index contributed by atoms with van der Waals surface area (Å²) in [4.78, 5) is 14.3. The van der Waals surface area contributed by atoms with E-state index in [2.05, 4.69) is 11.8 Å². The van der Waals surface area contributed by atoms with Gasteiger partial charge >= 0.3 is 0 Å². The molecule has 0 aliphatic carbocycles. The molecule has 1 fully saturated rings. The zero-order chi connectivity index (χ0) is 15.2. The van der Waals surface area contributed by atoms with Crippen molar-refractivity contribution < 1.29 is 19.4 Å². The second kappa shape index (κ2) is 7.21. The molecule has 1 aliphatic rings. The van der Waals surface area contributed by atoms with Gasteiger partial charge in [-0.25, -0.2) is 4.39 Å². The van der Waals surface area contributed by atoms with Crippen molar-refractivity contribution in [2.75, 3.05) is 19.8 Å².